The van der Waals surface area contributed by atoms with Gasteiger partial charge in [-0.3, -0.25) is 4.79 Å². The number of carbonyl (C=O) groups is 1. The Labute approximate surface area is 182 Å². The van der Waals surface area contributed by atoms with Crippen LogP contribution >= 0.6 is 0 Å². The summed E-state index contributed by atoms with van der Waals surface area (Å²) >= 11 is 0. The molecule has 4 aromatic rings. The fourth-order valence-electron chi connectivity index (χ4n) is 4.78. The fourth-order valence-corrected chi connectivity index (χ4v) is 4.78. The van der Waals surface area contributed by atoms with Crippen LogP contribution in [-0.4, -0.2) is 13.0 Å². The number of ether oxygens (including phenoxy) is 1. The number of benzene rings is 4. The molecule has 0 saturated carbocycles. The Bertz CT molecular complexity index is 1250. The maximum atomic E-state index is 13.9. The van der Waals surface area contributed by atoms with Crippen molar-refractivity contribution < 1.29 is 9.53 Å². The highest BCUT2D eigenvalue weighted by molar-refractivity contribution is 6.07. The van der Waals surface area contributed by atoms with Gasteiger partial charge in [-0.05, 0) is 48.6 Å². The second kappa shape index (κ2) is 7.59. The van der Waals surface area contributed by atoms with Crippen LogP contribution in [-0.2, 0) is 23.1 Å². The summed E-state index contributed by atoms with van der Waals surface area (Å²) in [6, 6.07) is 28.6. The summed E-state index contributed by atoms with van der Waals surface area (Å²) in [5.41, 5.74) is 4.93. The summed E-state index contributed by atoms with van der Waals surface area (Å²) < 4.78 is 5.52. The molecular formula is C28H25NO2. The first-order valence-electron chi connectivity index (χ1n) is 10.6. The smallest absolute Gasteiger partial charge is 0.235 e. The van der Waals surface area contributed by atoms with Gasteiger partial charge in [0.25, 0.3) is 0 Å². The molecule has 0 atom stereocenters. The van der Waals surface area contributed by atoms with Gasteiger partial charge < -0.3 is 10.1 Å². The number of hydrogen-bond donors (Lipinski definition) is 1. The molecule has 4 aromatic carbocycles. The zero-order valence-corrected chi connectivity index (χ0v) is 17.8. The van der Waals surface area contributed by atoms with Crippen molar-refractivity contribution in [3.8, 4) is 5.75 Å². The highest BCUT2D eigenvalue weighted by atomic mass is 16.5. The van der Waals surface area contributed by atoms with E-state index in [4.69, 9.17) is 4.74 Å². The number of rotatable bonds is 4. The van der Waals surface area contributed by atoms with Gasteiger partial charge in [0.2, 0.25) is 5.91 Å². The lowest BCUT2D eigenvalue weighted by Crippen LogP contribution is -2.41. The highest BCUT2D eigenvalue weighted by Gasteiger charge is 2.45. The van der Waals surface area contributed by atoms with E-state index in [2.05, 4.69) is 60.8 Å². The van der Waals surface area contributed by atoms with Crippen LogP contribution in [0.5, 0.6) is 5.75 Å². The second-order valence-corrected chi connectivity index (χ2v) is 8.39. The second-order valence-electron chi connectivity index (χ2n) is 8.39. The molecule has 154 valence electrons. The van der Waals surface area contributed by atoms with Crippen LogP contribution in [0.25, 0.3) is 10.8 Å². The van der Waals surface area contributed by atoms with E-state index in [0.717, 1.165) is 27.8 Å². The van der Waals surface area contributed by atoms with Gasteiger partial charge in [0.1, 0.15) is 5.75 Å². The Hall–Kier alpha value is -3.59. The van der Waals surface area contributed by atoms with Crippen molar-refractivity contribution in [2.45, 2.75) is 25.2 Å². The van der Waals surface area contributed by atoms with Crippen LogP contribution in [0.2, 0.25) is 0 Å². The average Bonchev–Trinajstić information content (AvgIpc) is 3.21. The molecule has 0 bridgehead atoms. The van der Waals surface area contributed by atoms with Crippen molar-refractivity contribution in [3.63, 3.8) is 0 Å². The Morgan fingerprint density at radius 2 is 1.42 bits per heavy atom. The van der Waals surface area contributed by atoms with Gasteiger partial charge >= 0.3 is 0 Å². The molecule has 0 aromatic heterocycles. The fraction of sp³-hybridized carbons (Fsp3) is 0.179. The molecule has 5 rings (SSSR count). The summed E-state index contributed by atoms with van der Waals surface area (Å²) in [5.74, 6) is 0.831. The molecule has 0 heterocycles. The Morgan fingerprint density at radius 1 is 0.806 bits per heavy atom. The minimum atomic E-state index is -0.627. The van der Waals surface area contributed by atoms with E-state index in [0.29, 0.717) is 12.8 Å². The predicted octanol–water partition coefficient (Wildman–Crippen LogP) is 5.83. The average molecular weight is 408 g/mol. The van der Waals surface area contributed by atoms with Crippen molar-refractivity contribution in [1.29, 1.82) is 0 Å². The van der Waals surface area contributed by atoms with Gasteiger partial charge in [0, 0.05) is 16.5 Å². The van der Waals surface area contributed by atoms with Crippen LogP contribution in [0, 0.1) is 6.92 Å². The third-order valence-corrected chi connectivity index (χ3v) is 6.49. The van der Waals surface area contributed by atoms with E-state index < -0.39 is 5.41 Å². The molecule has 0 fully saturated rings. The molecule has 1 aliphatic rings. The van der Waals surface area contributed by atoms with Gasteiger partial charge in [0.05, 0.1) is 12.5 Å². The van der Waals surface area contributed by atoms with Crippen LogP contribution in [0.4, 0.5) is 5.69 Å². The summed E-state index contributed by atoms with van der Waals surface area (Å²) in [6.07, 6.45) is 1.40. The van der Waals surface area contributed by atoms with E-state index in [1.54, 1.807) is 7.11 Å². The largest absolute Gasteiger partial charge is 0.496 e. The summed E-state index contributed by atoms with van der Waals surface area (Å²) in [7, 11) is 1.67. The van der Waals surface area contributed by atoms with Crippen molar-refractivity contribution in [1.82, 2.24) is 0 Å². The molecule has 1 aliphatic carbocycles. The molecule has 0 aliphatic heterocycles. The number of anilines is 1. The molecule has 1 amide bonds. The molecule has 0 unspecified atom stereocenters. The Kier molecular flexibility index (Phi) is 4.74. The monoisotopic (exact) mass is 407 g/mol. The SMILES string of the molecule is COc1ccc(NC(=O)C2(c3ccc(C)cc3)Cc3ccccc3C2)c2ccccc12. The van der Waals surface area contributed by atoms with Gasteiger partial charge in [0.15, 0.2) is 0 Å². The molecule has 0 spiro atoms. The summed E-state index contributed by atoms with van der Waals surface area (Å²) in [5, 5.41) is 5.24. The normalized spacial score (nSPS) is 14.3. The lowest BCUT2D eigenvalue weighted by molar-refractivity contribution is -0.121. The number of hydrogen-bond acceptors (Lipinski definition) is 2. The van der Waals surface area contributed by atoms with E-state index in [1.165, 1.54) is 16.7 Å². The molecular weight excluding hydrogens is 382 g/mol. The van der Waals surface area contributed by atoms with Gasteiger partial charge in [-0.1, -0.05) is 78.4 Å². The Balaban J connectivity index is 1.58. The van der Waals surface area contributed by atoms with Crippen LogP contribution in [0.15, 0.2) is 84.9 Å². The van der Waals surface area contributed by atoms with E-state index >= 15 is 0 Å². The summed E-state index contributed by atoms with van der Waals surface area (Å²) in [6.45, 7) is 2.07. The maximum absolute atomic E-state index is 13.9. The predicted molar refractivity (Wildman–Crippen MR) is 126 cm³/mol. The number of methoxy groups -OCH3 is 1. The van der Waals surface area contributed by atoms with Crippen molar-refractivity contribution >= 4 is 22.4 Å². The minimum absolute atomic E-state index is 0.0304. The lowest BCUT2D eigenvalue weighted by Gasteiger charge is -2.29. The number of aryl methyl sites for hydroxylation is 1. The molecule has 3 heteroatoms. The third-order valence-electron chi connectivity index (χ3n) is 6.49. The topological polar surface area (TPSA) is 38.3 Å². The van der Waals surface area contributed by atoms with Crippen molar-refractivity contribution in [3.05, 3.63) is 107 Å². The summed E-state index contributed by atoms with van der Waals surface area (Å²) in [4.78, 5) is 13.9. The van der Waals surface area contributed by atoms with Crippen LogP contribution < -0.4 is 10.1 Å². The Morgan fingerprint density at radius 3 is 2.06 bits per heavy atom. The number of fused-ring (bicyclic) bond motifs is 2. The van der Waals surface area contributed by atoms with Gasteiger partial charge in [-0.25, -0.2) is 0 Å². The van der Waals surface area contributed by atoms with Crippen LogP contribution in [0.3, 0.4) is 0 Å². The minimum Gasteiger partial charge on any atom is -0.496 e. The molecule has 31 heavy (non-hydrogen) atoms. The quantitative estimate of drug-likeness (QED) is 0.462. The number of nitrogens with one attached hydrogen (secondary N) is 1. The van der Waals surface area contributed by atoms with Gasteiger partial charge in [-0.15, -0.1) is 0 Å². The number of carbonyl (C=O) groups excluding carboxylic acids is 1. The van der Waals surface area contributed by atoms with E-state index in [9.17, 15) is 4.79 Å². The molecule has 1 N–H and O–H groups in total. The van der Waals surface area contributed by atoms with Crippen molar-refractivity contribution in [2.75, 3.05) is 12.4 Å². The maximum Gasteiger partial charge on any atom is 0.235 e. The molecule has 0 saturated heterocycles. The first kappa shape index (κ1) is 19.4. The van der Waals surface area contributed by atoms with Gasteiger partial charge in [-0.2, -0.15) is 0 Å². The highest BCUT2D eigenvalue weighted by Crippen LogP contribution is 2.42. The molecule has 3 nitrogen and oxygen atoms in total. The van der Waals surface area contributed by atoms with E-state index in [1.807, 2.05) is 36.4 Å². The standard InChI is InChI=1S/C28H25NO2/c1-19-11-13-22(14-12-19)28(17-20-7-3-4-8-21(20)18-28)27(30)29-25-15-16-26(31-2)24-10-6-5-9-23(24)25/h3-16H,17-18H2,1-2H3,(H,29,30). The zero-order valence-electron chi connectivity index (χ0n) is 17.8. The van der Waals surface area contributed by atoms with E-state index in [-0.39, 0.29) is 5.91 Å². The zero-order chi connectivity index (χ0) is 21.4. The first-order chi connectivity index (χ1) is 15.1. The van der Waals surface area contributed by atoms with Crippen molar-refractivity contribution in [2.24, 2.45) is 0 Å². The lowest BCUT2D eigenvalue weighted by atomic mass is 9.76. The number of amides is 1. The first-order valence-corrected chi connectivity index (χ1v) is 10.6. The third kappa shape index (κ3) is 3.27. The molecule has 0 radical (unpaired) electrons. The van der Waals surface area contributed by atoms with Crippen LogP contribution in [0.1, 0.15) is 22.3 Å².